The van der Waals surface area contributed by atoms with Gasteiger partial charge in [0.15, 0.2) is 0 Å². The summed E-state index contributed by atoms with van der Waals surface area (Å²) < 4.78 is 2.23. The largest absolute Gasteiger partial charge is 0.333 e. The monoisotopic (exact) mass is 248 g/mol. The summed E-state index contributed by atoms with van der Waals surface area (Å²) in [5.74, 6) is 1.17. The Morgan fingerprint density at radius 2 is 2.18 bits per heavy atom. The van der Waals surface area contributed by atoms with Crippen LogP contribution in [0.2, 0.25) is 0 Å². The van der Waals surface area contributed by atoms with Gasteiger partial charge in [-0.25, -0.2) is 4.98 Å². The van der Waals surface area contributed by atoms with Gasteiger partial charge in [0.25, 0.3) is 0 Å². The van der Waals surface area contributed by atoms with E-state index in [1.165, 1.54) is 15.6 Å². The number of aromatic nitrogens is 2. The van der Waals surface area contributed by atoms with Crippen LogP contribution in [0.3, 0.4) is 0 Å². The van der Waals surface area contributed by atoms with Gasteiger partial charge in [-0.2, -0.15) is 0 Å². The number of nitrogens with zero attached hydrogens (tertiary/aromatic N) is 3. The Kier molecular flexibility index (Phi) is 2.96. The Morgan fingerprint density at radius 1 is 1.29 bits per heavy atom. The first kappa shape index (κ1) is 11.0. The molecule has 0 spiro atoms. The zero-order chi connectivity index (χ0) is 11.7. The van der Waals surface area contributed by atoms with Gasteiger partial charge in [0, 0.05) is 48.3 Å². The molecule has 0 saturated heterocycles. The molecule has 90 valence electrons. The third kappa shape index (κ3) is 2.26. The first-order valence-corrected chi connectivity index (χ1v) is 6.67. The van der Waals surface area contributed by atoms with Gasteiger partial charge in [-0.1, -0.05) is 0 Å². The van der Waals surface area contributed by atoms with Crippen LogP contribution >= 0.6 is 11.3 Å². The molecule has 0 fully saturated rings. The minimum Gasteiger partial charge on any atom is -0.333 e. The summed E-state index contributed by atoms with van der Waals surface area (Å²) >= 11 is 1.82. The maximum atomic E-state index is 5.63. The summed E-state index contributed by atoms with van der Waals surface area (Å²) in [5.41, 5.74) is 5.63. The molecule has 3 rings (SSSR count). The van der Waals surface area contributed by atoms with Gasteiger partial charge in [-0.15, -0.1) is 11.3 Å². The highest BCUT2D eigenvalue weighted by Crippen LogP contribution is 2.20. The highest BCUT2D eigenvalue weighted by atomic mass is 32.1. The lowest BCUT2D eigenvalue weighted by Crippen LogP contribution is -2.32. The van der Waals surface area contributed by atoms with Crippen molar-refractivity contribution in [2.45, 2.75) is 26.2 Å². The van der Waals surface area contributed by atoms with E-state index >= 15 is 0 Å². The molecule has 0 aliphatic carbocycles. The van der Waals surface area contributed by atoms with Crippen LogP contribution in [0.5, 0.6) is 0 Å². The summed E-state index contributed by atoms with van der Waals surface area (Å²) in [6.45, 7) is 4.75. The minimum atomic E-state index is 0.648. The van der Waals surface area contributed by atoms with E-state index in [1.54, 1.807) is 0 Å². The van der Waals surface area contributed by atoms with E-state index in [0.717, 1.165) is 26.2 Å². The van der Waals surface area contributed by atoms with Crippen molar-refractivity contribution in [2.24, 2.45) is 5.73 Å². The van der Waals surface area contributed by atoms with Crippen molar-refractivity contribution in [3.05, 3.63) is 40.1 Å². The molecule has 17 heavy (non-hydrogen) atoms. The lowest BCUT2D eigenvalue weighted by atomic mass is 10.3. The molecule has 0 amide bonds. The van der Waals surface area contributed by atoms with E-state index in [9.17, 15) is 0 Å². The quantitative estimate of drug-likeness (QED) is 0.893. The lowest BCUT2D eigenvalue weighted by Gasteiger charge is -2.26. The van der Waals surface area contributed by atoms with Crippen LogP contribution in [0.4, 0.5) is 0 Å². The zero-order valence-electron chi connectivity index (χ0n) is 9.67. The second kappa shape index (κ2) is 4.60. The number of fused-ring (bicyclic) bond motifs is 1. The Morgan fingerprint density at radius 3 is 3.00 bits per heavy atom. The number of rotatable bonds is 3. The molecular weight excluding hydrogens is 232 g/mol. The maximum Gasteiger partial charge on any atom is 0.122 e. The van der Waals surface area contributed by atoms with Crippen LogP contribution in [0.1, 0.15) is 15.6 Å². The van der Waals surface area contributed by atoms with Gasteiger partial charge in [0.2, 0.25) is 0 Å². The fraction of sp³-hybridized carbons (Fsp3) is 0.417. The minimum absolute atomic E-state index is 0.648. The molecule has 0 unspecified atom stereocenters. The lowest BCUT2D eigenvalue weighted by molar-refractivity contribution is 0.210. The molecular formula is C12H16N4S. The molecule has 2 aromatic heterocycles. The predicted molar refractivity (Wildman–Crippen MR) is 68.6 cm³/mol. The first-order valence-electron chi connectivity index (χ1n) is 5.85. The summed E-state index contributed by atoms with van der Waals surface area (Å²) in [4.78, 5) is 9.47. The van der Waals surface area contributed by atoms with Crippen LogP contribution < -0.4 is 5.73 Å². The molecule has 0 saturated carbocycles. The fourth-order valence-corrected chi connectivity index (χ4v) is 3.14. The van der Waals surface area contributed by atoms with Gasteiger partial charge in [-0.05, 0) is 12.1 Å². The van der Waals surface area contributed by atoms with E-state index in [1.807, 2.05) is 17.5 Å². The molecule has 1 aliphatic heterocycles. The summed E-state index contributed by atoms with van der Waals surface area (Å²) in [6, 6.07) is 4.32. The fourth-order valence-electron chi connectivity index (χ4n) is 2.20. The smallest absolute Gasteiger partial charge is 0.122 e. The highest BCUT2D eigenvalue weighted by Gasteiger charge is 2.16. The SMILES string of the molecule is NCc1ccc(CN2CCn3ccnc3C2)s1. The van der Waals surface area contributed by atoms with E-state index in [4.69, 9.17) is 5.73 Å². The Hall–Kier alpha value is -1.17. The van der Waals surface area contributed by atoms with E-state index < -0.39 is 0 Å². The van der Waals surface area contributed by atoms with E-state index in [2.05, 4.69) is 32.8 Å². The van der Waals surface area contributed by atoms with Crippen molar-refractivity contribution >= 4 is 11.3 Å². The number of imidazole rings is 1. The summed E-state index contributed by atoms with van der Waals surface area (Å²) in [7, 11) is 0. The predicted octanol–water partition coefficient (Wildman–Crippen LogP) is 1.42. The van der Waals surface area contributed by atoms with Crippen LogP contribution in [0.15, 0.2) is 24.5 Å². The molecule has 1 aliphatic rings. The molecule has 0 aromatic carbocycles. The normalized spacial score (nSPS) is 16.1. The summed E-state index contributed by atoms with van der Waals surface area (Å²) in [6.07, 6.45) is 3.95. The van der Waals surface area contributed by atoms with Crippen LogP contribution in [-0.4, -0.2) is 21.0 Å². The molecule has 0 radical (unpaired) electrons. The molecule has 4 nitrogen and oxygen atoms in total. The van der Waals surface area contributed by atoms with Crippen LogP contribution in [-0.2, 0) is 26.2 Å². The molecule has 2 N–H and O–H groups in total. The number of thiophene rings is 1. The van der Waals surface area contributed by atoms with Crippen LogP contribution in [0, 0.1) is 0 Å². The van der Waals surface area contributed by atoms with Gasteiger partial charge in [-0.3, -0.25) is 4.90 Å². The van der Waals surface area contributed by atoms with Crippen molar-refractivity contribution in [2.75, 3.05) is 6.54 Å². The van der Waals surface area contributed by atoms with Gasteiger partial charge in [0.1, 0.15) is 5.82 Å². The topological polar surface area (TPSA) is 47.1 Å². The van der Waals surface area contributed by atoms with E-state index in [0.29, 0.717) is 6.54 Å². The highest BCUT2D eigenvalue weighted by molar-refractivity contribution is 7.11. The average molecular weight is 248 g/mol. The Balaban J connectivity index is 1.67. The van der Waals surface area contributed by atoms with Gasteiger partial charge >= 0.3 is 0 Å². The van der Waals surface area contributed by atoms with Gasteiger partial charge in [0.05, 0.1) is 6.54 Å². The Bertz CT molecular complexity index is 502. The molecule has 0 bridgehead atoms. The van der Waals surface area contributed by atoms with Crippen LogP contribution in [0.25, 0.3) is 0 Å². The molecule has 3 heterocycles. The molecule has 5 heteroatoms. The second-order valence-corrected chi connectivity index (χ2v) is 5.57. The first-order chi connectivity index (χ1) is 8.35. The van der Waals surface area contributed by atoms with Gasteiger partial charge < -0.3 is 10.3 Å². The summed E-state index contributed by atoms with van der Waals surface area (Å²) in [5, 5.41) is 0. The number of nitrogens with two attached hydrogens (primary N) is 1. The average Bonchev–Trinajstić information content (AvgIpc) is 2.96. The van der Waals surface area contributed by atoms with Crippen molar-refractivity contribution in [3.63, 3.8) is 0 Å². The molecule has 2 aromatic rings. The Labute approximate surface area is 105 Å². The van der Waals surface area contributed by atoms with Crippen molar-refractivity contribution in [1.82, 2.24) is 14.5 Å². The standard InChI is InChI=1S/C12H16N4S/c13-7-10-1-2-11(17-10)8-15-5-6-16-4-3-14-12(16)9-15/h1-4H,5-9,13H2. The van der Waals surface area contributed by atoms with Crippen molar-refractivity contribution < 1.29 is 0 Å². The second-order valence-electron chi connectivity index (χ2n) is 4.32. The van der Waals surface area contributed by atoms with Crippen molar-refractivity contribution in [1.29, 1.82) is 0 Å². The number of hydrogen-bond acceptors (Lipinski definition) is 4. The third-order valence-corrected chi connectivity index (χ3v) is 4.21. The third-order valence-electron chi connectivity index (χ3n) is 3.12. The van der Waals surface area contributed by atoms with E-state index in [-0.39, 0.29) is 0 Å². The molecule has 0 atom stereocenters. The van der Waals surface area contributed by atoms with Crippen molar-refractivity contribution in [3.8, 4) is 0 Å². The maximum absolute atomic E-state index is 5.63. The zero-order valence-corrected chi connectivity index (χ0v) is 10.5. The number of hydrogen-bond donors (Lipinski definition) is 1.